The van der Waals surface area contributed by atoms with Gasteiger partial charge in [0.05, 0.1) is 12.3 Å². The maximum atomic E-state index is 13.3. The van der Waals surface area contributed by atoms with Crippen molar-refractivity contribution in [2.24, 2.45) is 5.10 Å². The molecule has 0 spiro atoms. The summed E-state index contributed by atoms with van der Waals surface area (Å²) in [5.74, 6) is 0.0193. The van der Waals surface area contributed by atoms with Gasteiger partial charge in [0.2, 0.25) is 0 Å². The minimum absolute atomic E-state index is 0.0193. The zero-order valence-electron chi connectivity index (χ0n) is 18.6. The van der Waals surface area contributed by atoms with Crippen LogP contribution in [0.4, 0.5) is 0 Å². The van der Waals surface area contributed by atoms with Crippen molar-refractivity contribution in [2.75, 3.05) is 0 Å². The Labute approximate surface area is 193 Å². The quantitative estimate of drug-likeness (QED) is 0.315. The van der Waals surface area contributed by atoms with Gasteiger partial charge in [-0.15, -0.1) is 0 Å². The van der Waals surface area contributed by atoms with E-state index in [1.165, 1.54) is 0 Å². The van der Waals surface area contributed by atoms with Gasteiger partial charge in [0.15, 0.2) is 5.60 Å². The van der Waals surface area contributed by atoms with Crippen molar-refractivity contribution >= 4 is 22.9 Å². The summed E-state index contributed by atoms with van der Waals surface area (Å²) in [4.78, 5) is 13.3. The lowest BCUT2D eigenvalue weighted by Crippen LogP contribution is -2.43. The summed E-state index contributed by atoms with van der Waals surface area (Å²) in [6.45, 7) is 3.91. The Hall–Kier alpha value is -3.96. The molecule has 0 saturated heterocycles. The third-order valence-corrected chi connectivity index (χ3v) is 5.36. The Morgan fingerprint density at radius 2 is 1.45 bits per heavy atom. The number of hydrogen-bond acceptors (Lipinski definition) is 4. The van der Waals surface area contributed by atoms with E-state index in [9.17, 15) is 9.90 Å². The van der Waals surface area contributed by atoms with Crippen LogP contribution >= 0.6 is 0 Å². The Bertz CT molecular complexity index is 1230. The molecule has 0 unspecified atom stereocenters. The maximum absolute atomic E-state index is 13.3. The third kappa shape index (κ3) is 4.64. The van der Waals surface area contributed by atoms with Crippen LogP contribution in [0.5, 0.6) is 5.75 Å². The second-order valence-corrected chi connectivity index (χ2v) is 8.01. The lowest BCUT2D eigenvalue weighted by atomic mass is 9.85. The summed E-state index contributed by atoms with van der Waals surface area (Å²) in [5.41, 5.74) is 2.31. The highest BCUT2D eigenvalue weighted by molar-refractivity contribution is 6.03. The summed E-state index contributed by atoms with van der Waals surface area (Å²) in [5, 5.41) is 17.8. The fourth-order valence-corrected chi connectivity index (χ4v) is 3.79. The molecule has 33 heavy (non-hydrogen) atoms. The van der Waals surface area contributed by atoms with Gasteiger partial charge in [-0.25, -0.2) is 5.43 Å². The molecule has 0 aliphatic heterocycles. The number of nitrogens with one attached hydrogen (secondary N) is 1. The molecule has 0 atom stereocenters. The first-order valence-electron chi connectivity index (χ1n) is 10.9. The number of hydrazone groups is 1. The molecule has 0 aliphatic rings. The first-order valence-corrected chi connectivity index (χ1v) is 10.9. The van der Waals surface area contributed by atoms with Gasteiger partial charge in [0.25, 0.3) is 5.91 Å². The fraction of sp³-hybridized carbons (Fsp3) is 0.143. The van der Waals surface area contributed by atoms with E-state index in [0.717, 1.165) is 16.3 Å². The lowest BCUT2D eigenvalue weighted by molar-refractivity contribution is -0.136. The molecule has 0 aliphatic carbocycles. The number of hydrogen-bond donors (Lipinski definition) is 2. The van der Waals surface area contributed by atoms with E-state index < -0.39 is 11.5 Å². The zero-order valence-corrected chi connectivity index (χ0v) is 18.6. The van der Waals surface area contributed by atoms with Crippen LogP contribution in [0.1, 0.15) is 30.5 Å². The van der Waals surface area contributed by atoms with E-state index >= 15 is 0 Å². The van der Waals surface area contributed by atoms with Gasteiger partial charge in [0.1, 0.15) is 5.75 Å². The smallest absolute Gasteiger partial charge is 0.281 e. The predicted octanol–water partition coefficient (Wildman–Crippen LogP) is 5.01. The molecule has 5 nitrogen and oxygen atoms in total. The average Bonchev–Trinajstić information content (AvgIpc) is 2.85. The number of benzene rings is 4. The standard InChI is InChI=1S/C28H26N2O3/c1-20(2)33-26-18-17-21-11-9-10-16-24(21)25(26)19-29-30-27(31)28(32,22-12-5-3-6-13-22)23-14-7-4-8-15-23/h3-20,32H,1-2H3,(H,30,31)/b29-19+. The van der Waals surface area contributed by atoms with Crippen LogP contribution in [-0.4, -0.2) is 23.3 Å². The molecule has 166 valence electrons. The van der Waals surface area contributed by atoms with E-state index in [2.05, 4.69) is 10.5 Å². The number of carbonyl (C=O) groups excluding carboxylic acids is 1. The zero-order chi connectivity index (χ0) is 23.3. The van der Waals surface area contributed by atoms with Crippen molar-refractivity contribution in [1.29, 1.82) is 0 Å². The van der Waals surface area contributed by atoms with Gasteiger partial charge in [-0.05, 0) is 41.8 Å². The minimum atomic E-state index is -1.89. The highest BCUT2D eigenvalue weighted by Gasteiger charge is 2.39. The topological polar surface area (TPSA) is 70.9 Å². The molecule has 1 amide bonds. The Morgan fingerprint density at radius 1 is 0.879 bits per heavy atom. The van der Waals surface area contributed by atoms with E-state index in [1.807, 2.05) is 62.4 Å². The average molecular weight is 439 g/mol. The molecule has 5 heteroatoms. The van der Waals surface area contributed by atoms with Crippen LogP contribution in [0.25, 0.3) is 10.8 Å². The van der Waals surface area contributed by atoms with E-state index in [4.69, 9.17) is 4.74 Å². The molecule has 0 saturated carbocycles. The summed E-state index contributed by atoms with van der Waals surface area (Å²) >= 11 is 0. The number of ether oxygens (including phenoxy) is 1. The van der Waals surface area contributed by atoms with E-state index in [-0.39, 0.29) is 6.10 Å². The largest absolute Gasteiger partial charge is 0.490 e. The third-order valence-electron chi connectivity index (χ3n) is 5.36. The maximum Gasteiger partial charge on any atom is 0.281 e. The number of amides is 1. The van der Waals surface area contributed by atoms with Crippen LogP contribution in [0.15, 0.2) is 102 Å². The second-order valence-electron chi connectivity index (χ2n) is 8.01. The highest BCUT2D eigenvalue weighted by atomic mass is 16.5. The predicted molar refractivity (Wildman–Crippen MR) is 131 cm³/mol. The molecule has 4 aromatic rings. The van der Waals surface area contributed by atoms with Crippen molar-refractivity contribution in [1.82, 2.24) is 5.43 Å². The lowest BCUT2D eigenvalue weighted by Gasteiger charge is -2.27. The molecular weight excluding hydrogens is 412 g/mol. The SMILES string of the molecule is CC(C)Oc1ccc2ccccc2c1/C=N/NC(=O)C(O)(c1ccccc1)c1ccccc1. The number of rotatable bonds is 7. The Balaban J connectivity index is 1.69. The van der Waals surface area contributed by atoms with Crippen molar-refractivity contribution in [2.45, 2.75) is 25.6 Å². The Kier molecular flexibility index (Phi) is 6.52. The van der Waals surface area contributed by atoms with Gasteiger partial charge in [0, 0.05) is 5.56 Å². The molecular formula is C28H26N2O3. The van der Waals surface area contributed by atoms with Crippen LogP contribution < -0.4 is 10.2 Å². The molecule has 0 fully saturated rings. The normalized spacial score (nSPS) is 11.8. The molecule has 0 heterocycles. The number of aliphatic hydroxyl groups is 1. The molecule has 4 aromatic carbocycles. The van der Waals surface area contributed by atoms with E-state index in [1.54, 1.807) is 54.7 Å². The number of fused-ring (bicyclic) bond motifs is 1. The van der Waals surface area contributed by atoms with Gasteiger partial charge in [-0.3, -0.25) is 4.79 Å². The van der Waals surface area contributed by atoms with Crippen molar-refractivity contribution in [3.63, 3.8) is 0 Å². The first-order chi connectivity index (χ1) is 16.0. The van der Waals surface area contributed by atoms with Crippen molar-refractivity contribution in [3.05, 3.63) is 114 Å². The summed E-state index contributed by atoms with van der Waals surface area (Å²) in [7, 11) is 0. The van der Waals surface area contributed by atoms with Crippen molar-refractivity contribution in [3.8, 4) is 5.75 Å². The molecule has 4 rings (SSSR count). The van der Waals surface area contributed by atoms with Crippen LogP contribution in [0, 0.1) is 0 Å². The van der Waals surface area contributed by atoms with Crippen molar-refractivity contribution < 1.29 is 14.6 Å². The number of carbonyl (C=O) groups is 1. The minimum Gasteiger partial charge on any atom is -0.490 e. The van der Waals surface area contributed by atoms with E-state index in [0.29, 0.717) is 16.9 Å². The van der Waals surface area contributed by atoms with Crippen LogP contribution in [-0.2, 0) is 10.4 Å². The first kappa shape index (κ1) is 22.2. The summed E-state index contributed by atoms with van der Waals surface area (Å²) in [6.07, 6.45) is 1.54. The monoisotopic (exact) mass is 438 g/mol. The number of nitrogens with zero attached hydrogens (tertiary/aromatic N) is 1. The van der Waals surface area contributed by atoms with Gasteiger partial charge < -0.3 is 9.84 Å². The highest BCUT2D eigenvalue weighted by Crippen LogP contribution is 2.30. The molecule has 0 radical (unpaired) electrons. The summed E-state index contributed by atoms with van der Waals surface area (Å²) < 4.78 is 5.96. The van der Waals surface area contributed by atoms with Crippen LogP contribution in [0.2, 0.25) is 0 Å². The Morgan fingerprint density at radius 3 is 2.06 bits per heavy atom. The van der Waals surface area contributed by atoms with Crippen LogP contribution in [0.3, 0.4) is 0 Å². The molecule has 0 bridgehead atoms. The molecule has 0 aromatic heterocycles. The summed E-state index contributed by atoms with van der Waals surface area (Å²) in [6, 6.07) is 29.5. The molecule has 2 N–H and O–H groups in total. The van der Waals surface area contributed by atoms with Gasteiger partial charge >= 0.3 is 0 Å². The van der Waals surface area contributed by atoms with Gasteiger partial charge in [-0.2, -0.15) is 5.10 Å². The fourth-order valence-electron chi connectivity index (χ4n) is 3.79. The second kappa shape index (κ2) is 9.67. The van der Waals surface area contributed by atoms with Gasteiger partial charge in [-0.1, -0.05) is 91.0 Å².